The molecule has 1 heterocycles. The second-order valence-electron chi connectivity index (χ2n) is 4.36. The van der Waals surface area contributed by atoms with Gasteiger partial charge in [-0.25, -0.2) is 0 Å². The fourth-order valence-corrected chi connectivity index (χ4v) is 1.55. The number of aryl methyl sites for hydroxylation is 1. The van der Waals surface area contributed by atoms with E-state index < -0.39 is 11.5 Å². The predicted octanol–water partition coefficient (Wildman–Crippen LogP) is 0.699. The molecular formula is C11H19N3O2. The molecule has 0 radical (unpaired) electrons. The van der Waals surface area contributed by atoms with Gasteiger partial charge < -0.3 is 10.5 Å². The summed E-state index contributed by atoms with van der Waals surface area (Å²) in [6.45, 7) is 7.86. The highest BCUT2D eigenvalue weighted by atomic mass is 16.5. The molecule has 0 bridgehead atoms. The molecule has 90 valence electrons. The Kier molecular flexibility index (Phi) is 3.38. The number of hydrogen-bond acceptors (Lipinski definition) is 4. The zero-order chi connectivity index (χ0) is 12.5. The monoisotopic (exact) mass is 225 g/mol. The van der Waals surface area contributed by atoms with E-state index in [1.54, 1.807) is 11.6 Å². The number of carbonyl (C=O) groups excluding carboxylic acids is 1. The van der Waals surface area contributed by atoms with Gasteiger partial charge in [0.2, 0.25) is 0 Å². The molecule has 1 atom stereocenters. The number of nitrogens with two attached hydrogens (primary N) is 1. The lowest BCUT2D eigenvalue weighted by Crippen LogP contribution is -2.49. The highest BCUT2D eigenvalue weighted by Gasteiger charge is 2.31. The Bertz CT molecular complexity index is 408. The third-order valence-corrected chi connectivity index (χ3v) is 2.87. The third-order valence-electron chi connectivity index (χ3n) is 2.87. The van der Waals surface area contributed by atoms with Crippen LogP contribution in [0, 0.1) is 20.8 Å². The van der Waals surface area contributed by atoms with Gasteiger partial charge in [0.15, 0.2) is 0 Å². The van der Waals surface area contributed by atoms with Gasteiger partial charge in [0.1, 0.15) is 5.54 Å². The molecule has 0 fully saturated rings. The third kappa shape index (κ3) is 2.24. The molecule has 1 unspecified atom stereocenters. The molecule has 0 saturated heterocycles. The van der Waals surface area contributed by atoms with Crippen LogP contribution in [0.4, 0.5) is 0 Å². The van der Waals surface area contributed by atoms with Crippen LogP contribution in [0.5, 0.6) is 0 Å². The summed E-state index contributed by atoms with van der Waals surface area (Å²) >= 11 is 0. The largest absolute Gasteiger partial charge is 0.468 e. The number of methoxy groups -OCH3 is 1. The van der Waals surface area contributed by atoms with Crippen LogP contribution in [-0.4, -0.2) is 28.4 Å². The number of esters is 1. The minimum Gasteiger partial charge on any atom is -0.468 e. The number of rotatable bonds is 3. The Morgan fingerprint density at radius 3 is 2.44 bits per heavy atom. The van der Waals surface area contributed by atoms with E-state index in [4.69, 9.17) is 5.73 Å². The lowest BCUT2D eigenvalue weighted by molar-refractivity contribution is -0.147. The standard InChI is InChI=1S/C11H19N3O2/c1-7-8(2)13-14(9(7)3)6-11(4,12)10(15)16-5/h6,12H2,1-5H3. The van der Waals surface area contributed by atoms with Crippen molar-refractivity contribution in [2.45, 2.75) is 39.8 Å². The molecule has 0 saturated carbocycles. The van der Waals surface area contributed by atoms with Gasteiger partial charge in [-0.3, -0.25) is 9.48 Å². The average Bonchev–Trinajstić information content (AvgIpc) is 2.44. The maximum Gasteiger partial charge on any atom is 0.327 e. The number of hydrogen-bond donors (Lipinski definition) is 1. The maximum atomic E-state index is 11.5. The smallest absolute Gasteiger partial charge is 0.327 e. The van der Waals surface area contributed by atoms with Crippen LogP contribution >= 0.6 is 0 Å². The van der Waals surface area contributed by atoms with Gasteiger partial charge >= 0.3 is 5.97 Å². The van der Waals surface area contributed by atoms with E-state index in [9.17, 15) is 4.79 Å². The van der Waals surface area contributed by atoms with Crippen LogP contribution in [0.1, 0.15) is 23.9 Å². The fourth-order valence-electron chi connectivity index (χ4n) is 1.55. The molecule has 2 N–H and O–H groups in total. The van der Waals surface area contributed by atoms with E-state index in [2.05, 4.69) is 9.84 Å². The molecule has 0 aliphatic heterocycles. The molecule has 0 aliphatic carbocycles. The van der Waals surface area contributed by atoms with Crippen molar-refractivity contribution in [1.29, 1.82) is 0 Å². The second kappa shape index (κ2) is 4.25. The van der Waals surface area contributed by atoms with Crippen LogP contribution < -0.4 is 5.73 Å². The summed E-state index contributed by atoms with van der Waals surface area (Å²) < 4.78 is 6.41. The van der Waals surface area contributed by atoms with E-state index in [-0.39, 0.29) is 0 Å². The Labute approximate surface area is 95.6 Å². The van der Waals surface area contributed by atoms with Gasteiger partial charge in [0.05, 0.1) is 19.3 Å². The average molecular weight is 225 g/mol. The Hall–Kier alpha value is -1.36. The molecule has 1 rings (SSSR count). The van der Waals surface area contributed by atoms with Crippen molar-refractivity contribution in [3.63, 3.8) is 0 Å². The highest BCUT2D eigenvalue weighted by Crippen LogP contribution is 2.14. The van der Waals surface area contributed by atoms with Crippen LogP contribution in [0.15, 0.2) is 0 Å². The first-order valence-electron chi connectivity index (χ1n) is 5.17. The zero-order valence-corrected chi connectivity index (χ0v) is 10.5. The SMILES string of the molecule is COC(=O)C(C)(N)Cn1nc(C)c(C)c1C. The molecular weight excluding hydrogens is 206 g/mol. The molecule has 0 aliphatic rings. The van der Waals surface area contributed by atoms with E-state index in [0.29, 0.717) is 6.54 Å². The van der Waals surface area contributed by atoms with Crippen LogP contribution in [0.2, 0.25) is 0 Å². The quantitative estimate of drug-likeness (QED) is 0.769. The van der Waals surface area contributed by atoms with Gasteiger partial charge in [-0.05, 0) is 33.3 Å². The number of ether oxygens (including phenoxy) is 1. The summed E-state index contributed by atoms with van der Waals surface area (Å²) in [5, 5.41) is 4.34. The molecule has 5 nitrogen and oxygen atoms in total. The van der Waals surface area contributed by atoms with Crippen LogP contribution in [-0.2, 0) is 16.1 Å². The second-order valence-corrected chi connectivity index (χ2v) is 4.36. The molecule has 5 heteroatoms. The van der Waals surface area contributed by atoms with Crippen molar-refractivity contribution in [2.24, 2.45) is 5.73 Å². The van der Waals surface area contributed by atoms with Gasteiger partial charge in [-0.15, -0.1) is 0 Å². The van der Waals surface area contributed by atoms with Crippen LogP contribution in [0.3, 0.4) is 0 Å². The molecule has 0 aromatic carbocycles. The molecule has 0 amide bonds. The Balaban J connectivity index is 2.96. The summed E-state index contributed by atoms with van der Waals surface area (Å²) in [7, 11) is 1.33. The van der Waals surface area contributed by atoms with E-state index in [1.807, 2.05) is 20.8 Å². The van der Waals surface area contributed by atoms with E-state index >= 15 is 0 Å². The lowest BCUT2D eigenvalue weighted by Gasteiger charge is -2.22. The van der Waals surface area contributed by atoms with Crippen molar-refractivity contribution in [2.75, 3.05) is 7.11 Å². The summed E-state index contributed by atoms with van der Waals surface area (Å²) in [4.78, 5) is 11.5. The molecule has 1 aromatic rings. The molecule has 1 aromatic heterocycles. The Morgan fingerprint density at radius 1 is 1.50 bits per heavy atom. The molecule has 16 heavy (non-hydrogen) atoms. The lowest BCUT2D eigenvalue weighted by atomic mass is 10.0. The molecule has 0 spiro atoms. The topological polar surface area (TPSA) is 70.1 Å². The maximum absolute atomic E-state index is 11.5. The normalized spacial score (nSPS) is 14.6. The van der Waals surface area contributed by atoms with Gasteiger partial charge in [0.25, 0.3) is 0 Å². The predicted molar refractivity (Wildman–Crippen MR) is 61.0 cm³/mol. The fraction of sp³-hybridized carbons (Fsp3) is 0.636. The summed E-state index contributed by atoms with van der Waals surface area (Å²) in [6, 6.07) is 0. The van der Waals surface area contributed by atoms with E-state index in [1.165, 1.54) is 7.11 Å². The number of nitrogens with zero attached hydrogens (tertiary/aromatic N) is 2. The van der Waals surface area contributed by atoms with Crippen molar-refractivity contribution in [3.8, 4) is 0 Å². The minimum absolute atomic E-state index is 0.320. The van der Waals surface area contributed by atoms with Crippen molar-refractivity contribution < 1.29 is 9.53 Å². The summed E-state index contributed by atoms with van der Waals surface area (Å²) in [5.74, 6) is -0.433. The number of aromatic nitrogens is 2. The van der Waals surface area contributed by atoms with Gasteiger partial charge in [-0.1, -0.05) is 0 Å². The minimum atomic E-state index is -1.05. The van der Waals surface area contributed by atoms with Crippen molar-refractivity contribution >= 4 is 5.97 Å². The summed E-state index contributed by atoms with van der Waals surface area (Å²) in [5.41, 5.74) is 7.95. The van der Waals surface area contributed by atoms with Gasteiger partial charge in [0, 0.05) is 5.69 Å². The summed E-state index contributed by atoms with van der Waals surface area (Å²) in [6.07, 6.45) is 0. The Morgan fingerprint density at radius 2 is 2.06 bits per heavy atom. The first-order chi connectivity index (χ1) is 7.29. The van der Waals surface area contributed by atoms with Crippen molar-refractivity contribution in [3.05, 3.63) is 17.0 Å². The van der Waals surface area contributed by atoms with Crippen molar-refractivity contribution in [1.82, 2.24) is 9.78 Å². The first-order valence-corrected chi connectivity index (χ1v) is 5.17. The van der Waals surface area contributed by atoms with Gasteiger partial charge in [-0.2, -0.15) is 5.10 Å². The van der Waals surface area contributed by atoms with E-state index in [0.717, 1.165) is 17.0 Å². The van der Waals surface area contributed by atoms with Crippen LogP contribution in [0.25, 0.3) is 0 Å². The first kappa shape index (κ1) is 12.7. The number of carbonyl (C=O) groups is 1. The zero-order valence-electron chi connectivity index (χ0n) is 10.5. The highest BCUT2D eigenvalue weighted by molar-refractivity contribution is 5.79.